The Bertz CT molecular complexity index is 1270. The first kappa shape index (κ1) is 27.6. The Hall–Kier alpha value is -5.00. The highest BCUT2D eigenvalue weighted by Crippen LogP contribution is 2.11. The van der Waals surface area contributed by atoms with E-state index >= 15 is 0 Å². The van der Waals surface area contributed by atoms with Crippen LogP contribution in [0.15, 0.2) is 86.0 Å². The maximum Gasteiger partial charge on any atom is 0.269 e. The van der Waals surface area contributed by atoms with Crippen LogP contribution in [0, 0.1) is 10.1 Å². The first-order valence-electron chi connectivity index (χ1n) is 12.0. The predicted octanol–water partition coefficient (Wildman–Crippen LogP) is 2.90. The van der Waals surface area contributed by atoms with Crippen LogP contribution < -0.4 is 16.4 Å². The summed E-state index contributed by atoms with van der Waals surface area (Å²) >= 11 is 0. The molecule has 4 rings (SSSR count). The van der Waals surface area contributed by atoms with Crippen molar-refractivity contribution in [2.45, 2.75) is 25.9 Å². The summed E-state index contributed by atoms with van der Waals surface area (Å²) in [5, 5.41) is 16.1. The number of nitrogen functional groups attached to an aromatic ring is 1. The molecule has 198 valence electrons. The molecule has 0 bridgehead atoms. The van der Waals surface area contributed by atoms with Crippen molar-refractivity contribution < 1.29 is 14.5 Å². The Morgan fingerprint density at radius 2 is 1.24 bits per heavy atom. The highest BCUT2D eigenvalue weighted by atomic mass is 16.6. The van der Waals surface area contributed by atoms with Gasteiger partial charge in [0.2, 0.25) is 0 Å². The number of rotatable bonds is 11. The van der Waals surface area contributed by atoms with Gasteiger partial charge in [0.1, 0.15) is 0 Å². The number of non-ortho nitro benzene ring substituents is 1. The quantitative estimate of drug-likeness (QED) is 0.119. The third-order valence-corrected chi connectivity index (χ3v) is 5.39. The van der Waals surface area contributed by atoms with Crippen LogP contribution in [-0.2, 0) is 13.1 Å². The molecule has 2 amide bonds. The van der Waals surface area contributed by atoms with Crippen molar-refractivity contribution in [2.24, 2.45) is 0 Å². The number of nitrogens with zero attached hydrogens (tertiary/aromatic N) is 5. The molecule has 0 saturated heterocycles. The fourth-order valence-corrected chi connectivity index (χ4v) is 3.34. The predicted molar refractivity (Wildman–Crippen MR) is 142 cm³/mol. The lowest BCUT2D eigenvalue weighted by Crippen LogP contribution is -2.25. The topological polar surface area (TPSA) is 163 Å². The smallest absolute Gasteiger partial charge is 0.269 e. The Labute approximate surface area is 219 Å². The van der Waals surface area contributed by atoms with Gasteiger partial charge in [0.15, 0.2) is 0 Å². The molecule has 0 aliphatic rings. The van der Waals surface area contributed by atoms with Crippen molar-refractivity contribution in [3.8, 4) is 0 Å². The summed E-state index contributed by atoms with van der Waals surface area (Å²) in [5.74, 6) is -0.300. The molecular formula is C26H30N8O4. The largest absolute Gasteiger partial charge is 0.399 e. The van der Waals surface area contributed by atoms with Crippen LogP contribution in [0.3, 0.4) is 0 Å². The minimum atomic E-state index is -0.493. The fraction of sp³-hybridized carbons (Fsp3) is 0.231. The number of carbonyl (C=O) groups is 2. The van der Waals surface area contributed by atoms with E-state index in [9.17, 15) is 19.7 Å². The minimum Gasteiger partial charge on any atom is -0.399 e. The molecule has 0 aliphatic heterocycles. The van der Waals surface area contributed by atoms with Gasteiger partial charge in [0.25, 0.3) is 17.5 Å². The molecule has 2 aromatic heterocycles. The van der Waals surface area contributed by atoms with E-state index in [-0.39, 0.29) is 17.5 Å². The molecule has 0 fully saturated rings. The number of anilines is 1. The van der Waals surface area contributed by atoms with E-state index in [2.05, 4.69) is 20.6 Å². The van der Waals surface area contributed by atoms with E-state index in [1.807, 2.05) is 21.5 Å². The minimum absolute atomic E-state index is 0.0262. The van der Waals surface area contributed by atoms with Gasteiger partial charge in [-0.2, -0.15) is 0 Å². The lowest BCUT2D eigenvalue weighted by Gasteiger charge is -2.06. The van der Waals surface area contributed by atoms with Gasteiger partial charge in [-0.15, -0.1) is 0 Å². The van der Waals surface area contributed by atoms with E-state index in [0.717, 1.165) is 25.9 Å². The highest BCUT2D eigenvalue weighted by Gasteiger charge is 2.08. The number of amides is 2. The number of aromatic nitrogens is 4. The third-order valence-electron chi connectivity index (χ3n) is 5.39. The first-order chi connectivity index (χ1) is 18.4. The number of nitro groups is 1. The average Bonchev–Trinajstić information content (AvgIpc) is 3.64. The van der Waals surface area contributed by atoms with Crippen LogP contribution in [0.25, 0.3) is 0 Å². The summed E-state index contributed by atoms with van der Waals surface area (Å²) in [6.45, 7) is 2.80. The maximum atomic E-state index is 11.8. The van der Waals surface area contributed by atoms with Gasteiger partial charge in [-0.1, -0.05) is 0 Å². The lowest BCUT2D eigenvalue weighted by atomic mass is 10.2. The average molecular weight is 519 g/mol. The van der Waals surface area contributed by atoms with E-state index in [4.69, 9.17) is 5.73 Å². The summed E-state index contributed by atoms with van der Waals surface area (Å²) in [4.78, 5) is 41.4. The van der Waals surface area contributed by atoms with Crippen LogP contribution in [0.2, 0.25) is 0 Å². The van der Waals surface area contributed by atoms with Gasteiger partial charge in [0, 0.05) is 79.9 Å². The number of nitro benzene ring substituents is 1. The summed E-state index contributed by atoms with van der Waals surface area (Å²) in [6, 6.07) is 12.4. The molecule has 0 radical (unpaired) electrons. The Morgan fingerprint density at radius 1 is 0.789 bits per heavy atom. The van der Waals surface area contributed by atoms with Gasteiger partial charge < -0.3 is 25.5 Å². The number of imidazole rings is 2. The number of aryl methyl sites for hydroxylation is 2. The molecule has 0 aliphatic carbocycles. The summed E-state index contributed by atoms with van der Waals surface area (Å²) < 4.78 is 3.91. The van der Waals surface area contributed by atoms with E-state index in [0.29, 0.717) is 29.9 Å². The first-order valence-corrected chi connectivity index (χ1v) is 12.0. The molecule has 0 atom stereocenters. The van der Waals surface area contributed by atoms with E-state index < -0.39 is 4.92 Å². The highest BCUT2D eigenvalue weighted by molar-refractivity contribution is 5.94. The Balaban J connectivity index is 0.000000212. The molecule has 0 spiro atoms. The van der Waals surface area contributed by atoms with Crippen LogP contribution in [0.4, 0.5) is 11.4 Å². The molecule has 2 aromatic carbocycles. The number of hydrogen-bond acceptors (Lipinski definition) is 7. The van der Waals surface area contributed by atoms with Crippen molar-refractivity contribution in [3.63, 3.8) is 0 Å². The number of nitrogens with one attached hydrogen (secondary N) is 2. The van der Waals surface area contributed by atoms with E-state index in [1.165, 1.54) is 24.3 Å². The zero-order valence-electron chi connectivity index (χ0n) is 20.8. The zero-order valence-corrected chi connectivity index (χ0v) is 20.8. The molecule has 4 aromatic rings. The van der Waals surface area contributed by atoms with Crippen molar-refractivity contribution in [1.82, 2.24) is 29.7 Å². The molecule has 0 unspecified atom stereocenters. The fourth-order valence-electron chi connectivity index (χ4n) is 3.34. The molecular weight excluding hydrogens is 488 g/mol. The van der Waals surface area contributed by atoms with Gasteiger partial charge >= 0.3 is 0 Å². The molecule has 12 nitrogen and oxygen atoms in total. The zero-order chi connectivity index (χ0) is 27.2. The number of carbonyl (C=O) groups excluding carboxylic acids is 2. The second kappa shape index (κ2) is 14.5. The SMILES string of the molecule is Nc1ccc(C(=O)NCCCn2ccnc2)cc1.O=C(NCCCn1ccnc1)c1ccc([N+](=O)[O-])cc1. The molecule has 4 N–H and O–H groups in total. The number of hydrogen-bond donors (Lipinski definition) is 3. The number of benzene rings is 2. The summed E-state index contributed by atoms with van der Waals surface area (Å²) in [6.07, 6.45) is 12.4. The Kier molecular flexibility index (Phi) is 10.5. The Morgan fingerprint density at radius 3 is 1.63 bits per heavy atom. The van der Waals surface area contributed by atoms with Crippen LogP contribution in [0.1, 0.15) is 33.6 Å². The van der Waals surface area contributed by atoms with Gasteiger partial charge in [-0.25, -0.2) is 9.97 Å². The molecule has 38 heavy (non-hydrogen) atoms. The maximum absolute atomic E-state index is 11.8. The van der Waals surface area contributed by atoms with Crippen LogP contribution >= 0.6 is 0 Å². The third kappa shape index (κ3) is 9.22. The molecule has 0 saturated carbocycles. The summed E-state index contributed by atoms with van der Waals surface area (Å²) in [7, 11) is 0. The second-order valence-corrected chi connectivity index (χ2v) is 8.25. The lowest BCUT2D eigenvalue weighted by molar-refractivity contribution is -0.384. The summed E-state index contributed by atoms with van der Waals surface area (Å²) in [5.41, 5.74) is 7.24. The van der Waals surface area contributed by atoms with Gasteiger partial charge in [-0.05, 0) is 49.2 Å². The van der Waals surface area contributed by atoms with Crippen molar-refractivity contribution in [1.29, 1.82) is 0 Å². The standard InChI is InChI=1S/C13H14N4O3.C13H16N4O/c18-13(11-2-4-12(5-3-11)17(19)20)15-6-1-8-16-9-7-14-10-16;14-12-4-2-11(3-5-12)13(18)16-6-1-8-17-9-7-15-10-17/h2-5,7,9-10H,1,6,8H2,(H,15,18);2-5,7,9-10H,1,6,8,14H2,(H,16,18). The molecule has 12 heteroatoms. The molecule has 2 heterocycles. The monoisotopic (exact) mass is 518 g/mol. The van der Waals surface area contributed by atoms with Gasteiger partial charge in [-0.3, -0.25) is 19.7 Å². The normalized spacial score (nSPS) is 10.2. The number of nitrogens with two attached hydrogens (primary N) is 1. The van der Waals surface area contributed by atoms with Crippen LogP contribution in [-0.4, -0.2) is 48.9 Å². The van der Waals surface area contributed by atoms with Crippen molar-refractivity contribution >= 4 is 23.2 Å². The van der Waals surface area contributed by atoms with Crippen molar-refractivity contribution in [2.75, 3.05) is 18.8 Å². The second-order valence-electron chi connectivity index (χ2n) is 8.25. The van der Waals surface area contributed by atoms with Gasteiger partial charge in [0.05, 0.1) is 17.6 Å². The van der Waals surface area contributed by atoms with E-state index in [1.54, 1.807) is 49.3 Å². The van der Waals surface area contributed by atoms with Crippen molar-refractivity contribution in [3.05, 3.63) is 107 Å². The van der Waals surface area contributed by atoms with Crippen LogP contribution in [0.5, 0.6) is 0 Å².